The topological polar surface area (TPSA) is 165 Å². The van der Waals surface area contributed by atoms with Crippen molar-refractivity contribution in [2.75, 3.05) is 37.6 Å². The summed E-state index contributed by atoms with van der Waals surface area (Å²) in [5.41, 5.74) is 1.03. The average molecular weight is 558 g/mol. The number of phosphoric ester groups is 1. The van der Waals surface area contributed by atoms with E-state index in [2.05, 4.69) is 4.52 Å². The number of halogens is 1. The van der Waals surface area contributed by atoms with Crippen molar-refractivity contribution in [2.45, 2.75) is 51.5 Å². The lowest BCUT2D eigenvalue weighted by molar-refractivity contribution is -0.121. The summed E-state index contributed by atoms with van der Waals surface area (Å²) in [6.07, 6.45) is -3.11. The van der Waals surface area contributed by atoms with E-state index in [1.165, 1.54) is 12.1 Å². The summed E-state index contributed by atoms with van der Waals surface area (Å²) in [5.74, 6) is -0.852. The van der Waals surface area contributed by atoms with Crippen molar-refractivity contribution < 1.29 is 48.1 Å². The molecule has 5 N–H and O–H groups in total. The van der Waals surface area contributed by atoms with Crippen LogP contribution < -0.4 is 9.64 Å². The molecule has 2 atom stereocenters. The number of ether oxygens (including phenoxy) is 1. The Labute approximate surface area is 219 Å². The molecule has 0 amide bonds. The molecule has 1 aliphatic carbocycles. The van der Waals surface area contributed by atoms with Crippen LogP contribution in [0.15, 0.2) is 18.2 Å². The van der Waals surface area contributed by atoms with Crippen LogP contribution in [0, 0.1) is 5.82 Å². The number of carbonyl (C=O) groups excluding carboxylic acids is 1. The number of aliphatic hydroxyl groups excluding tert-OH is 1. The highest BCUT2D eigenvalue weighted by Gasteiger charge is 2.38. The Morgan fingerprint density at radius 3 is 2.32 bits per heavy atom. The van der Waals surface area contributed by atoms with Crippen LogP contribution in [0.1, 0.15) is 25.0 Å². The molecule has 1 aromatic heterocycles. The summed E-state index contributed by atoms with van der Waals surface area (Å²) >= 11 is 0. The van der Waals surface area contributed by atoms with E-state index in [0.717, 1.165) is 4.57 Å². The van der Waals surface area contributed by atoms with Gasteiger partial charge in [0.25, 0.3) is 0 Å². The lowest BCUT2D eigenvalue weighted by atomic mass is 9.90. The smallest absolute Gasteiger partial charge is 0.469 e. The second kappa shape index (κ2) is 11.2. The zero-order valence-electron chi connectivity index (χ0n) is 21.2. The predicted molar refractivity (Wildman–Crippen MR) is 134 cm³/mol. The van der Waals surface area contributed by atoms with E-state index in [-0.39, 0.29) is 60.6 Å². The van der Waals surface area contributed by atoms with Crippen molar-refractivity contribution in [1.82, 2.24) is 9.47 Å². The second-order valence-corrected chi connectivity index (χ2v) is 11.1. The highest BCUT2D eigenvalue weighted by atomic mass is 31.2. The summed E-state index contributed by atoms with van der Waals surface area (Å²) in [4.78, 5) is 34.9. The van der Waals surface area contributed by atoms with Gasteiger partial charge in [0, 0.05) is 56.2 Å². The highest BCUT2D eigenvalue weighted by Crippen LogP contribution is 2.44. The van der Waals surface area contributed by atoms with Gasteiger partial charge in [-0.15, -0.1) is 0 Å². The Balaban J connectivity index is 1.37. The summed E-state index contributed by atoms with van der Waals surface area (Å²) in [7, 11) is -4.88. The number of Topliss-reactive ketones (excluding diaryl/α,β-unsaturated/α-hetero) is 1. The minimum absolute atomic E-state index is 0.0562. The number of fused-ring (bicyclic) bond motifs is 1. The second-order valence-electron chi connectivity index (χ2n) is 9.88. The molecule has 0 saturated carbocycles. The van der Waals surface area contributed by atoms with Gasteiger partial charge in [-0.1, -0.05) is 0 Å². The molecule has 4 rings (SSSR count). The van der Waals surface area contributed by atoms with Crippen molar-refractivity contribution >= 4 is 19.3 Å². The summed E-state index contributed by atoms with van der Waals surface area (Å²) in [5, 5.41) is 31.4. The molecular formula is C24H33FN3O9P. The molecule has 0 radical (unpaired) electrons. The van der Waals surface area contributed by atoms with E-state index in [1.807, 2.05) is 23.6 Å². The predicted octanol–water partition coefficient (Wildman–Crippen LogP) is 1.15. The van der Waals surface area contributed by atoms with Gasteiger partial charge in [-0.3, -0.25) is 18.8 Å². The van der Waals surface area contributed by atoms with Crippen LogP contribution in [-0.4, -0.2) is 91.4 Å². The van der Waals surface area contributed by atoms with Crippen molar-refractivity contribution in [2.24, 2.45) is 0 Å². The molecule has 14 heteroatoms. The normalized spacial score (nSPS) is 20.6. The zero-order chi connectivity index (χ0) is 27.8. The Kier molecular flexibility index (Phi) is 8.36. The van der Waals surface area contributed by atoms with Crippen LogP contribution in [0.3, 0.4) is 0 Å². The number of carbonyl (C=O) groups is 1. The standard InChI is InChI=1S/C24H33FN3O9P/c1-14(2)36-21-4-3-15(25)9-19(21)27-7-5-26(6-8-27)12-16(29)13-28-23(31)17-10-20(30)22(37-38(33,34)35)11-18(17)24(28)32/h3-4,9,14,20,22,30-32H,5-8,10-13H2,1-2H3,(H2,33,34,35). The van der Waals surface area contributed by atoms with E-state index in [1.54, 1.807) is 6.07 Å². The van der Waals surface area contributed by atoms with Crippen molar-refractivity contribution in [3.8, 4) is 17.5 Å². The molecule has 1 aliphatic heterocycles. The lowest BCUT2D eigenvalue weighted by Gasteiger charge is -2.36. The number of benzene rings is 1. The van der Waals surface area contributed by atoms with Crippen LogP contribution >= 0.6 is 7.82 Å². The lowest BCUT2D eigenvalue weighted by Crippen LogP contribution is -2.48. The van der Waals surface area contributed by atoms with Crippen LogP contribution in [0.5, 0.6) is 17.5 Å². The van der Waals surface area contributed by atoms with Crippen LogP contribution in [0.2, 0.25) is 0 Å². The molecule has 2 aliphatic rings. The number of aromatic hydroxyl groups is 2. The van der Waals surface area contributed by atoms with Crippen LogP contribution in [0.4, 0.5) is 10.1 Å². The van der Waals surface area contributed by atoms with E-state index < -0.39 is 25.9 Å². The average Bonchev–Trinajstić information content (AvgIpc) is 3.04. The Bertz CT molecular complexity index is 1220. The quantitative estimate of drug-likeness (QED) is 0.281. The largest absolute Gasteiger partial charge is 0.494 e. The molecular weight excluding hydrogens is 524 g/mol. The number of phosphoric acid groups is 1. The van der Waals surface area contributed by atoms with Gasteiger partial charge < -0.3 is 34.7 Å². The molecule has 2 heterocycles. The molecule has 1 fully saturated rings. The summed E-state index contributed by atoms with van der Waals surface area (Å²) < 4.78 is 36.6. The maximum Gasteiger partial charge on any atom is 0.469 e. The third-order valence-electron chi connectivity index (χ3n) is 6.67. The third-order valence-corrected chi connectivity index (χ3v) is 7.21. The summed E-state index contributed by atoms with van der Waals surface area (Å²) in [6.45, 7) is 5.64. The number of hydrogen-bond donors (Lipinski definition) is 5. The number of aromatic nitrogens is 1. The van der Waals surface area contributed by atoms with Gasteiger partial charge in [-0.2, -0.15) is 0 Å². The van der Waals surface area contributed by atoms with E-state index in [4.69, 9.17) is 14.5 Å². The fourth-order valence-corrected chi connectivity index (χ4v) is 5.52. The summed E-state index contributed by atoms with van der Waals surface area (Å²) in [6, 6.07) is 4.39. The van der Waals surface area contributed by atoms with E-state index >= 15 is 0 Å². The minimum atomic E-state index is -4.88. The molecule has 1 aromatic carbocycles. The van der Waals surface area contributed by atoms with Gasteiger partial charge in [0.05, 0.1) is 37.1 Å². The van der Waals surface area contributed by atoms with Gasteiger partial charge in [0.2, 0.25) is 0 Å². The maximum absolute atomic E-state index is 13.9. The van der Waals surface area contributed by atoms with E-state index in [0.29, 0.717) is 37.6 Å². The first kappa shape index (κ1) is 28.3. The number of ketones is 1. The minimum Gasteiger partial charge on any atom is -0.494 e. The van der Waals surface area contributed by atoms with Crippen molar-refractivity contribution in [3.05, 3.63) is 35.1 Å². The highest BCUT2D eigenvalue weighted by molar-refractivity contribution is 7.46. The first-order valence-corrected chi connectivity index (χ1v) is 13.8. The molecule has 0 bridgehead atoms. The number of rotatable bonds is 9. The number of hydrogen-bond acceptors (Lipinski definition) is 9. The van der Waals surface area contributed by atoms with Crippen molar-refractivity contribution in [3.63, 3.8) is 0 Å². The number of aliphatic hydroxyl groups is 1. The Morgan fingerprint density at radius 2 is 1.71 bits per heavy atom. The van der Waals surface area contributed by atoms with Gasteiger partial charge in [0.1, 0.15) is 11.6 Å². The molecule has 210 valence electrons. The third kappa shape index (κ3) is 6.48. The van der Waals surface area contributed by atoms with Crippen LogP contribution in [0.25, 0.3) is 0 Å². The van der Waals surface area contributed by atoms with E-state index in [9.17, 15) is 29.1 Å². The molecule has 2 aromatic rings. The Hall–Kier alpha value is -2.67. The number of piperazine rings is 1. The molecule has 12 nitrogen and oxygen atoms in total. The first-order chi connectivity index (χ1) is 17.8. The van der Waals surface area contributed by atoms with Crippen molar-refractivity contribution in [1.29, 1.82) is 0 Å². The maximum atomic E-state index is 13.9. The number of anilines is 1. The zero-order valence-corrected chi connectivity index (χ0v) is 22.1. The first-order valence-electron chi connectivity index (χ1n) is 12.3. The fraction of sp³-hybridized carbons (Fsp3) is 0.542. The van der Waals surface area contributed by atoms with Gasteiger partial charge in [0.15, 0.2) is 17.5 Å². The van der Waals surface area contributed by atoms with Gasteiger partial charge in [-0.25, -0.2) is 8.96 Å². The van der Waals surface area contributed by atoms with Gasteiger partial charge >= 0.3 is 7.82 Å². The molecule has 2 unspecified atom stereocenters. The Morgan fingerprint density at radius 1 is 1.08 bits per heavy atom. The van der Waals surface area contributed by atoms with Gasteiger partial charge in [-0.05, 0) is 26.0 Å². The fourth-order valence-electron chi connectivity index (χ4n) is 4.95. The molecule has 1 saturated heterocycles. The van der Waals surface area contributed by atoms with Crippen LogP contribution in [-0.2, 0) is 33.3 Å². The molecule has 0 spiro atoms. The molecule has 38 heavy (non-hydrogen) atoms. The monoisotopic (exact) mass is 557 g/mol. The number of nitrogens with zero attached hydrogens (tertiary/aromatic N) is 3. The SMILES string of the molecule is CC(C)Oc1ccc(F)cc1N1CCN(CC(=O)Cn2c(O)c3c(c2O)CC(OP(=O)(O)O)C(O)C3)CC1.